The van der Waals surface area contributed by atoms with E-state index >= 15 is 0 Å². The van der Waals surface area contributed by atoms with Gasteiger partial charge in [-0.2, -0.15) is 0 Å². The smallest absolute Gasteiger partial charge is 0.250 e. The predicted molar refractivity (Wildman–Crippen MR) is 85.6 cm³/mol. The first-order chi connectivity index (χ1) is 9.35. The van der Waals surface area contributed by atoms with Crippen molar-refractivity contribution in [2.75, 3.05) is 6.54 Å². The summed E-state index contributed by atoms with van der Waals surface area (Å²) in [5, 5.41) is 5.09. The summed E-state index contributed by atoms with van der Waals surface area (Å²) in [7, 11) is -3.37. The van der Waals surface area contributed by atoms with Gasteiger partial charge in [-0.3, -0.25) is 0 Å². The van der Waals surface area contributed by atoms with Gasteiger partial charge < -0.3 is 5.32 Å². The summed E-state index contributed by atoms with van der Waals surface area (Å²) in [5.41, 5.74) is 1.02. The summed E-state index contributed by atoms with van der Waals surface area (Å²) in [6.07, 6.45) is 1.90. The van der Waals surface area contributed by atoms with Crippen LogP contribution in [0.2, 0.25) is 0 Å². The average molecular weight is 319 g/mol. The Labute approximate surface area is 127 Å². The van der Waals surface area contributed by atoms with Crippen LogP contribution in [0, 0.1) is 5.92 Å². The number of rotatable bonds is 9. The molecule has 0 aliphatic heterocycles. The number of sulfonamides is 1. The molecule has 4 nitrogen and oxygen atoms in total. The summed E-state index contributed by atoms with van der Waals surface area (Å²) >= 11 is 1.28. The number of thiophene rings is 1. The van der Waals surface area contributed by atoms with Crippen LogP contribution < -0.4 is 10.0 Å². The maximum absolute atomic E-state index is 12.3. The van der Waals surface area contributed by atoms with Gasteiger partial charge in [0.05, 0.1) is 0 Å². The fraction of sp³-hybridized carbons (Fsp3) is 0.714. The molecule has 2 N–H and O–H groups in total. The van der Waals surface area contributed by atoms with E-state index in [-0.39, 0.29) is 6.04 Å². The SMILES string of the molecule is CCNCc1csc(S(=O)(=O)NC(C)CCC(C)C)c1. The molecule has 0 bridgehead atoms. The molecular formula is C14H26N2O2S2. The molecule has 0 aromatic carbocycles. The molecule has 1 aromatic heterocycles. The lowest BCUT2D eigenvalue weighted by Gasteiger charge is -2.14. The zero-order valence-electron chi connectivity index (χ0n) is 12.8. The Kier molecular flexibility index (Phi) is 7.15. The first kappa shape index (κ1) is 17.6. The molecule has 116 valence electrons. The van der Waals surface area contributed by atoms with Crippen molar-refractivity contribution in [3.63, 3.8) is 0 Å². The van der Waals surface area contributed by atoms with E-state index < -0.39 is 10.0 Å². The van der Waals surface area contributed by atoms with Crippen LogP contribution in [0.4, 0.5) is 0 Å². The van der Waals surface area contributed by atoms with E-state index in [0.717, 1.165) is 24.9 Å². The van der Waals surface area contributed by atoms with Crippen LogP contribution in [0.15, 0.2) is 15.7 Å². The van der Waals surface area contributed by atoms with Crippen LogP contribution in [-0.2, 0) is 16.6 Å². The molecule has 0 saturated heterocycles. The fourth-order valence-corrected chi connectivity index (χ4v) is 4.33. The van der Waals surface area contributed by atoms with Crippen LogP contribution in [-0.4, -0.2) is 21.0 Å². The van der Waals surface area contributed by atoms with E-state index in [0.29, 0.717) is 16.7 Å². The second kappa shape index (κ2) is 8.12. The molecule has 1 heterocycles. The summed E-state index contributed by atoms with van der Waals surface area (Å²) in [6.45, 7) is 9.84. The van der Waals surface area contributed by atoms with Crippen LogP contribution in [0.5, 0.6) is 0 Å². The van der Waals surface area contributed by atoms with Crippen molar-refractivity contribution >= 4 is 21.4 Å². The molecule has 0 fully saturated rings. The lowest BCUT2D eigenvalue weighted by Crippen LogP contribution is -2.32. The second-order valence-electron chi connectivity index (χ2n) is 5.55. The van der Waals surface area contributed by atoms with E-state index in [1.54, 1.807) is 6.07 Å². The van der Waals surface area contributed by atoms with Gasteiger partial charge in [0.2, 0.25) is 10.0 Å². The first-order valence-corrected chi connectivity index (χ1v) is 9.52. The largest absolute Gasteiger partial charge is 0.313 e. The summed E-state index contributed by atoms with van der Waals surface area (Å²) in [4.78, 5) is 0. The van der Waals surface area contributed by atoms with Crippen LogP contribution in [0.1, 0.15) is 46.1 Å². The van der Waals surface area contributed by atoms with Crippen molar-refractivity contribution in [3.05, 3.63) is 17.0 Å². The van der Waals surface area contributed by atoms with E-state index in [9.17, 15) is 8.42 Å². The quantitative estimate of drug-likeness (QED) is 0.736. The van der Waals surface area contributed by atoms with Crippen molar-refractivity contribution in [2.24, 2.45) is 5.92 Å². The third-order valence-electron chi connectivity index (χ3n) is 3.01. The molecule has 0 saturated carbocycles. The number of hydrogen-bond donors (Lipinski definition) is 2. The minimum Gasteiger partial charge on any atom is -0.313 e. The Balaban J connectivity index is 2.61. The summed E-state index contributed by atoms with van der Waals surface area (Å²) in [6, 6.07) is 1.73. The van der Waals surface area contributed by atoms with Gasteiger partial charge >= 0.3 is 0 Å². The second-order valence-corrected chi connectivity index (χ2v) is 8.40. The third-order valence-corrected chi connectivity index (χ3v) is 6.08. The van der Waals surface area contributed by atoms with E-state index in [4.69, 9.17) is 0 Å². The van der Waals surface area contributed by atoms with E-state index in [1.165, 1.54) is 11.3 Å². The Morgan fingerprint density at radius 2 is 1.95 bits per heavy atom. The van der Waals surface area contributed by atoms with Crippen molar-refractivity contribution in [3.8, 4) is 0 Å². The summed E-state index contributed by atoms with van der Waals surface area (Å²) in [5.74, 6) is 0.593. The highest BCUT2D eigenvalue weighted by atomic mass is 32.2. The van der Waals surface area contributed by atoms with Gasteiger partial charge in [0.25, 0.3) is 0 Å². The molecule has 1 rings (SSSR count). The fourth-order valence-electron chi connectivity index (χ4n) is 1.82. The van der Waals surface area contributed by atoms with Crippen molar-refractivity contribution in [1.82, 2.24) is 10.0 Å². The van der Waals surface area contributed by atoms with Gasteiger partial charge in [-0.1, -0.05) is 20.8 Å². The minimum absolute atomic E-state index is 0.0262. The Morgan fingerprint density at radius 1 is 1.25 bits per heavy atom. The average Bonchev–Trinajstić information content (AvgIpc) is 2.83. The zero-order valence-corrected chi connectivity index (χ0v) is 14.4. The molecule has 0 radical (unpaired) electrons. The van der Waals surface area contributed by atoms with Gasteiger partial charge in [0.15, 0.2) is 0 Å². The third kappa shape index (κ3) is 5.91. The van der Waals surface area contributed by atoms with Crippen molar-refractivity contribution in [2.45, 2.75) is 57.3 Å². The van der Waals surface area contributed by atoms with Gasteiger partial charge in [0.1, 0.15) is 4.21 Å². The topological polar surface area (TPSA) is 58.2 Å². The predicted octanol–water partition coefficient (Wildman–Crippen LogP) is 2.96. The first-order valence-electron chi connectivity index (χ1n) is 7.15. The maximum atomic E-state index is 12.3. The molecule has 0 spiro atoms. The molecular weight excluding hydrogens is 292 g/mol. The summed E-state index contributed by atoms with van der Waals surface area (Å²) < 4.78 is 27.7. The Bertz CT molecular complexity index is 495. The number of hydrogen-bond acceptors (Lipinski definition) is 4. The van der Waals surface area contributed by atoms with E-state index in [1.807, 2.05) is 19.2 Å². The molecule has 0 amide bonds. The molecule has 1 aromatic rings. The van der Waals surface area contributed by atoms with Crippen LogP contribution in [0.25, 0.3) is 0 Å². The lowest BCUT2D eigenvalue weighted by molar-refractivity contribution is 0.486. The molecule has 0 aliphatic rings. The molecule has 1 atom stereocenters. The number of nitrogens with one attached hydrogen (secondary N) is 2. The minimum atomic E-state index is -3.37. The Morgan fingerprint density at radius 3 is 2.55 bits per heavy atom. The van der Waals surface area contributed by atoms with Gasteiger partial charge in [-0.05, 0) is 49.2 Å². The van der Waals surface area contributed by atoms with Gasteiger partial charge in [-0.15, -0.1) is 11.3 Å². The highest BCUT2D eigenvalue weighted by molar-refractivity contribution is 7.91. The maximum Gasteiger partial charge on any atom is 0.250 e. The van der Waals surface area contributed by atoms with Gasteiger partial charge in [0, 0.05) is 12.6 Å². The normalized spacial score (nSPS) is 13.8. The van der Waals surface area contributed by atoms with Crippen LogP contribution in [0.3, 0.4) is 0 Å². The van der Waals surface area contributed by atoms with E-state index in [2.05, 4.69) is 23.9 Å². The molecule has 1 unspecified atom stereocenters. The van der Waals surface area contributed by atoms with Gasteiger partial charge in [-0.25, -0.2) is 13.1 Å². The zero-order chi connectivity index (χ0) is 15.2. The highest BCUT2D eigenvalue weighted by Crippen LogP contribution is 2.21. The Hall–Kier alpha value is -0.430. The highest BCUT2D eigenvalue weighted by Gasteiger charge is 2.19. The van der Waals surface area contributed by atoms with Crippen molar-refractivity contribution < 1.29 is 8.42 Å². The van der Waals surface area contributed by atoms with Crippen LogP contribution >= 0.6 is 11.3 Å². The lowest BCUT2D eigenvalue weighted by atomic mass is 10.1. The monoisotopic (exact) mass is 318 g/mol. The molecule has 20 heavy (non-hydrogen) atoms. The van der Waals surface area contributed by atoms with Crippen molar-refractivity contribution in [1.29, 1.82) is 0 Å². The molecule has 0 aliphatic carbocycles. The standard InChI is InChI=1S/C14H26N2O2S2/c1-5-15-9-13-8-14(19-10-13)20(17,18)16-12(4)7-6-11(2)3/h8,10-12,15-16H,5-7,9H2,1-4H3. The molecule has 6 heteroatoms.